The smallest absolute Gasteiger partial charge is 0.258 e. The number of ether oxygens (including phenoxy) is 2. The number of nitrogens with zero attached hydrogens (tertiary/aromatic N) is 1. The standard InChI is InChI=1S/C29H34N2O5/c1-20-23(17-18-36-20)29(33)31(19-21-11-6-4-7-12-21)26(28(32)30-22-13-8-5-9-14-22)24-15-10-16-25(34-2)27(24)35-3/h4,6-7,10-12,15-18,22,26H,5,8-9,13-14,19H2,1-3H3,(H,30,32)/t26-/m1/s1. The summed E-state index contributed by atoms with van der Waals surface area (Å²) in [5.41, 5.74) is 1.89. The summed E-state index contributed by atoms with van der Waals surface area (Å²) in [6.45, 7) is 1.98. The van der Waals surface area contributed by atoms with Gasteiger partial charge in [0.2, 0.25) is 5.91 Å². The molecule has 0 radical (unpaired) electrons. The molecule has 1 saturated carbocycles. The van der Waals surface area contributed by atoms with Crippen LogP contribution in [0.4, 0.5) is 0 Å². The van der Waals surface area contributed by atoms with E-state index in [2.05, 4.69) is 5.32 Å². The maximum atomic E-state index is 14.0. The third-order valence-electron chi connectivity index (χ3n) is 6.79. The van der Waals surface area contributed by atoms with Crippen molar-refractivity contribution in [2.45, 2.75) is 57.7 Å². The van der Waals surface area contributed by atoms with Gasteiger partial charge in [0.05, 0.1) is 26.0 Å². The zero-order valence-corrected chi connectivity index (χ0v) is 21.2. The maximum Gasteiger partial charge on any atom is 0.258 e. The minimum absolute atomic E-state index is 0.0784. The molecule has 1 aliphatic carbocycles. The molecule has 1 heterocycles. The highest BCUT2D eigenvalue weighted by molar-refractivity contribution is 5.99. The molecule has 2 aromatic carbocycles. The van der Waals surface area contributed by atoms with Gasteiger partial charge in [-0.1, -0.05) is 61.7 Å². The van der Waals surface area contributed by atoms with Gasteiger partial charge in [-0.3, -0.25) is 9.59 Å². The lowest BCUT2D eigenvalue weighted by Gasteiger charge is -2.34. The van der Waals surface area contributed by atoms with E-state index in [4.69, 9.17) is 13.9 Å². The van der Waals surface area contributed by atoms with Crippen LogP contribution in [0.3, 0.4) is 0 Å². The fraction of sp³-hybridized carbons (Fsp3) is 0.379. The Morgan fingerprint density at radius 3 is 2.39 bits per heavy atom. The second-order valence-corrected chi connectivity index (χ2v) is 9.14. The lowest BCUT2D eigenvalue weighted by atomic mass is 9.94. The van der Waals surface area contributed by atoms with Crippen LogP contribution in [0, 0.1) is 6.92 Å². The summed E-state index contributed by atoms with van der Waals surface area (Å²) in [6, 6.07) is 15.8. The van der Waals surface area contributed by atoms with Gasteiger partial charge in [-0.15, -0.1) is 0 Å². The first-order valence-electron chi connectivity index (χ1n) is 12.4. The number of aryl methyl sites for hydroxylation is 1. The molecule has 7 nitrogen and oxygen atoms in total. The number of amides is 2. The average Bonchev–Trinajstić information content (AvgIpc) is 3.34. The number of nitrogens with one attached hydrogen (secondary N) is 1. The number of carbonyl (C=O) groups excluding carboxylic acids is 2. The summed E-state index contributed by atoms with van der Waals surface area (Å²) in [4.78, 5) is 29.7. The van der Waals surface area contributed by atoms with Crippen LogP contribution in [-0.2, 0) is 11.3 Å². The summed E-state index contributed by atoms with van der Waals surface area (Å²) in [7, 11) is 3.10. The number of hydrogen-bond acceptors (Lipinski definition) is 5. The van der Waals surface area contributed by atoms with Crippen molar-refractivity contribution in [3.05, 3.63) is 83.3 Å². The summed E-state index contributed by atoms with van der Waals surface area (Å²) in [5.74, 6) is 0.899. The van der Waals surface area contributed by atoms with Gasteiger partial charge in [-0.05, 0) is 37.5 Å². The molecule has 7 heteroatoms. The Morgan fingerprint density at radius 1 is 1.00 bits per heavy atom. The predicted octanol–water partition coefficient (Wildman–Crippen LogP) is 5.44. The Morgan fingerprint density at radius 2 is 1.75 bits per heavy atom. The fourth-order valence-corrected chi connectivity index (χ4v) is 4.93. The molecule has 1 N–H and O–H groups in total. The molecule has 1 atom stereocenters. The molecule has 1 fully saturated rings. The fourth-order valence-electron chi connectivity index (χ4n) is 4.93. The minimum Gasteiger partial charge on any atom is -0.493 e. The first-order valence-corrected chi connectivity index (χ1v) is 12.4. The lowest BCUT2D eigenvalue weighted by molar-refractivity contribution is -0.127. The predicted molar refractivity (Wildman–Crippen MR) is 137 cm³/mol. The molecule has 0 bridgehead atoms. The van der Waals surface area contributed by atoms with Crippen LogP contribution in [-0.4, -0.2) is 37.0 Å². The van der Waals surface area contributed by atoms with Gasteiger partial charge < -0.3 is 24.1 Å². The molecule has 36 heavy (non-hydrogen) atoms. The van der Waals surface area contributed by atoms with E-state index in [-0.39, 0.29) is 24.4 Å². The van der Waals surface area contributed by atoms with Gasteiger partial charge in [0.15, 0.2) is 11.5 Å². The van der Waals surface area contributed by atoms with E-state index in [1.165, 1.54) is 12.7 Å². The first-order chi connectivity index (χ1) is 17.5. The maximum absolute atomic E-state index is 14.0. The molecule has 1 aromatic heterocycles. The van der Waals surface area contributed by atoms with Crippen molar-refractivity contribution in [3.8, 4) is 11.5 Å². The van der Waals surface area contributed by atoms with E-state index < -0.39 is 6.04 Å². The molecule has 2 amide bonds. The van der Waals surface area contributed by atoms with E-state index in [0.717, 1.165) is 31.2 Å². The first kappa shape index (κ1) is 25.4. The highest BCUT2D eigenvalue weighted by Gasteiger charge is 2.37. The van der Waals surface area contributed by atoms with E-state index in [0.29, 0.717) is 28.4 Å². The average molecular weight is 491 g/mol. The normalized spacial score (nSPS) is 14.6. The van der Waals surface area contributed by atoms with Gasteiger partial charge in [-0.2, -0.15) is 0 Å². The van der Waals surface area contributed by atoms with Gasteiger partial charge >= 0.3 is 0 Å². The van der Waals surface area contributed by atoms with Crippen molar-refractivity contribution >= 4 is 11.8 Å². The van der Waals surface area contributed by atoms with Crippen LogP contribution in [0.2, 0.25) is 0 Å². The molecule has 4 rings (SSSR count). The van der Waals surface area contributed by atoms with E-state index >= 15 is 0 Å². The van der Waals surface area contributed by atoms with E-state index in [1.807, 2.05) is 42.5 Å². The van der Waals surface area contributed by atoms with E-state index in [9.17, 15) is 9.59 Å². The van der Waals surface area contributed by atoms with Gasteiger partial charge in [-0.25, -0.2) is 0 Å². The van der Waals surface area contributed by atoms with Crippen molar-refractivity contribution < 1.29 is 23.5 Å². The van der Waals surface area contributed by atoms with Gasteiger partial charge in [0.25, 0.3) is 5.91 Å². The lowest BCUT2D eigenvalue weighted by Crippen LogP contribution is -2.47. The topological polar surface area (TPSA) is 81.0 Å². The number of rotatable bonds is 9. The Bertz CT molecular complexity index is 1170. The van der Waals surface area contributed by atoms with Crippen molar-refractivity contribution in [3.63, 3.8) is 0 Å². The zero-order chi connectivity index (χ0) is 25.5. The number of furan rings is 1. The zero-order valence-electron chi connectivity index (χ0n) is 21.2. The Hall–Kier alpha value is -3.74. The van der Waals surface area contributed by atoms with E-state index in [1.54, 1.807) is 38.2 Å². The Kier molecular flexibility index (Phi) is 8.31. The second-order valence-electron chi connectivity index (χ2n) is 9.14. The number of hydrogen-bond donors (Lipinski definition) is 1. The summed E-state index contributed by atoms with van der Waals surface area (Å²) in [5, 5.41) is 3.23. The largest absolute Gasteiger partial charge is 0.493 e. The number of benzene rings is 2. The number of para-hydroxylation sites is 1. The third kappa shape index (κ3) is 5.56. The minimum atomic E-state index is -0.945. The molecule has 1 aliphatic rings. The molecule has 0 unspecified atom stereocenters. The van der Waals surface area contributed by atoms with Crippen LogP contribution < -0.4 is 14.8 Å². The van der Waals surface area contributed by atoms with Crippen LogP contribution in [0.5, 0.6) is 11.5 Å². The second kappa shape index (κ2) is 11.8. The van der Waals surface area contributed by atoms with Gasteiger partial charge in [0, 0.05) is 18.2 Å². The van der Waals surface area contributed by atoms with Crippen LogP contribution >= 0.6 is 0 Å². The molecule has 3 aromatic rings. The Labute approximate surface area is 212 Å². The molecular formula is C29H34N2O5. The van der Waals surface area contributed by atoms with Crippen LogP contribution in [0.25, 0.3) is 0 Å². The molecule has 190 valence electrons. The SMILES string of the molecule is COc1cccc([C@H](C(=O)NC2CCCCC2)N(Cc2ccccc2)C(=O)c2ccoc2C)c1OC. The molecule has 0 saturated heterocycles. The third-order valence-corrected chi connectivity index (χ3v) is 6.79. The quantitative estimate of drug-likeness (QED) is 0.432. The van der Waals surface area contributed by atoms with Crippen LogP contribution in [0.15, 0.2) is 65.3 Å². The number of carbonyl (C=O) groups is 2. The highest BCUT2D eigenvalue weighted by atomic mass is 16.5. The summed E-state index contributed by atoms with van der Waals surface area (Å²) < 4.78 is 16.7. The Balaban J connectivity index is 1.83. The molecule has 0 spiro atoms. The number of methoxy groups -OCH3 is 2. The van der Waals surface area contributed by atoms with Gasteiger partial charge in [0.1, 0.15) is 11.8 Å². The van der Waals surface area contributed by atoms with Crippen LogP contribution in [0.1, 0.15) is 65.4 Å². The monoisotopic (exact) mass is 490 g/mol. The summed E-state index contributed by atoms with van der Waals surface area (Å²) >= 11 is 0. The van der Waals surface area contributed by atoms with Crippen molar-refractivity contribution in [2.75, 3.05) is 14.2 Å². The highest BCUT2D eigenvalue weighted by Crippen LogP contribution is 2.38. The summed E-state index contributed by atoms with van der Waals surface area (Å²) in [6.07, 6.45) is 6.70. The van der Waals surface area contributed by atoms with Crippen molar-refractivity contribution in [1.29, 1.82) is 0 Å². The molecular weight excluding hydrogens is 456 g/mol. The van der Waals surface area contributed by atoms with Crippen molar-refractivity contribution in [1.82, 2.24) is 10.2 Å². The molecule has 0 aliphatic heterocycles. The van der Waals surface area contributed by atoms with Crippen molar-refractivity contribution in [2.24, 2.45) is 0 Å².